The molecular weight excluding hydrogens is 226 g/mol. The van der Waals surface area contributed by atoms with Crippen LogP contribution in [0.2, 0.25) is 0 Å². The zero-order chi connectivity index (χ0) is 12.5. The van der Waals surface area contributed by atoms with Crippen molar-refractivity contribution in [3.05, 3.63) is 17.6 Å². The first-order chi connectivity index (χ1) is 8.72. The Morgan fingerprint density at radius 1 is 1.22 bits per heavy atom. The predicted octanol–water partition coefficient (Wildman–Crippen LogP) is 2.46. The van der Waals surface area contributed by atoms with Crippen LogP contribution in [-0.4, -0.2) is 28.7 Å². The maximum Gasteiger partial charge on any atom is 0.130 e. The van der Waals surface area contributed by atoms with Crippen molar-refractivity contribution in [1.82, 2.24) is 9.97 Å². The number of anilines is 1. The van der Waals surface area contributed by atoms with Crippen LogP contribution in [0.25, 0.3) is 0 Å². The average molecular weight is 247 g/mol. The first kappa shape index (κ1) is 11.9. The van der Waals surface area contributed by atoms with Crippen molar-refractivity contribution in [3.8, 4) is 0 Å². The largest absolute Gasteiger partial charge is 0.378 e. The summed E-state index contributed by atoms with van der Waals surface area (Å²) in [6, 6.07) is 2.55. The summed E-state index contributed by atoms with van der Waals surface area (Å²) in [5.74, 6) is 2.47. The molecule has 18 heavy (non-hydrogen) atoms. The predicted molar refractivity (Wildman–Crippen MR) is 70.6 cm³/mol. The molecule has 2 heterocycles. The molecule has 98 valence electrons. The lowest BCUT2D eigenvalue weighted by molar-refractivity contribution is 0.0619. The molecule has 0 bridgehead atoms. The van der Waals surface area contributed by atoms with Crippen molar-refractivity contribution in [1.29, 1.82) is 0 Å². The molecule has 4 heteroatoms. The van der Waals surface area contributed by atoms with E-state index in [1.54, 1.807) is 0 Å². The van der Waals surface area contributed by atoms with Gasteiger partial charge in [-0.1, -0.05) is 0 Å². The molecular formula is C14H21N3O. The van der Waals surface area contributed by atoms with Gasteiger partial charge in [0.1, 0.15) is 11.6 Å². The second kappa shape index (κ2) is 4.84. The van der Waals surface area contributed by atoms with Gasteiger partial charge < -0.3 is 10.1 Å². The van der Waals surface area contributed by atoms with E-state index in [4.69, 9.17) is 4.74 Å². The van der Waals surface area contributed by atoms with Gasteiger partial charge in [0.25, 0.3) is 0 Å². The monoisotopic (exact) mass is 247 g/mol. The van der Waals surface area contributed by atoms with Crippen molar-refractivity contribution in [2.45, 2.75) is 51.7 Å². The lowest BCUT2D eigenvalue weighted by Crippen LogP contribution is -2.38. The summed E-state index contributed by atoms with van der Waals surface area (Å²) in [5.41, 5.74) is 1.03. The highest BCUT2D eigenvalue weighted by atomic mass is 16.5. The lowest BCUT2D eigenvalue weighted by Gasteiger charge is -2.33. The van der Waals surface area contributed by atoms with E-state index in [-0.39, 0.29) is 0 Å². The minimum atomic E-state index is 0.472. The molecule has 3 unspecified atom stereocenters. The summed E-state index contributed by atoms with van der Waals surface area (Å²) in [5, 5.41) is 3.60. The summed E-state index contributed by atoms with van der Waals surface area (Å²) in [4.78, 5) is 8.80. The molecule has 2 aliphatic rings. The first-order valence-corrected chi connectivity index (χ1v) is 6.93. The molecule has 0 amide bonds. The summed E-state index contributed by atoms with van der Waals surface area (Å²) < 4.78 is 5.80. The fraction of sp³-hybridized carbons (Fsp3) is 0.714. The molecule has 4 nitrogen and oxygen atoms in total. The fourth-order valence-electron chi connectivity index (χ4n) is 3.34. The number of rotatable bonds is 2. The molecule has 2 fully saturated rings. The maximum atomic E-state index is 5.80. The number of aromatic nitrogens is 2. The van der Waals surface area contributed by atoms with Crippen molar-refractivity contribution >= 4 is 5.82 Å². The van der Waals surface area contributed by atoms with Crippen LogP contribution in [0.15, 0.2) is 6.07 Å². The van der Waals surface area contributed by atoms with E-state index in [0.717, 1.165) is 23.9 Å². The Balaban J connectivity index is 1.74. The third-order valence-corrected chi connectivity index (χ3v) is 4.08. The minimum Gasteiger partial charge on any atom is -0.378 e. The Morgan fingerprint density at radius 3 is 2.94 bits per heavy atom. The second-order valence-electron chi connectivity index (χ2n) is 5.49. The summed E-state index contributed by atoms with van der Waals surface area (Å²) in [6.45, 7) is 4.89. The van der Waals surface area contributed by atoms with Gasteiger partial charge in [-0.2, -0.15) is 0 Å². The molecule has 1 N–H and O–H groups in total. The Bertz CT molecular complexity index is 415. The fourth-order valence-corrected chi connectivity index (χ4v) is 3.34. The topological polar surface area (TPSA) is 47.0 Å². The number of nitrogens with one attached hydrogen (secondary N) is 1. The van der Waals surface area contributed by atoms with Gasteiger partial charge in [-0.05, 0) is 39.5 Å². The molecule has 0 spiro atoms. The highest BCUT2D eigenvalue weighted by molar-refractivity contribution is 5.37. The van der Waals surface area contributed by atoms with E-state index in [1.165, 1.54) is 25.7 Å². The Morgan fingerprint density at radius 2 is 2.11 bits per heavy atom. The zero-order valence-corrected chi connectivity index (χ0v) is 11.1. The van der Waals surface area contributed by atoms with E-state index in [1.807, 2.05) is 19.9 Å². The Hall–Kier alpha value is -1.16. The van der Waals surface area contributed by atoms with Crippen LogP contribution in [0, 0.1) is 19.8 Å². The molecule has 1 aromatic heterocycles. The van der Waals surface area contributed by atoms with Crippen molar-refractivity contribution in [2.75, 3.05) is 11.9 Å². The lowest BCUT2D eigenvalue weighted by atomic mass is 9.82. The molecule has 3 atom stereocenters. The van der Waals surface area contributed by atoms with Crippen LogP contribution in [0.4, 0.5) is 5.82 Å². The number of aryl methyl sites for hydroxylation is 2. The summed E-state index contributed by atoms with van der Waals surface area (Å²) >= 11 is 0. The molecule has 1 aliphatic carbocycles. The van der Waals surface area contributed by atoms with Crippen molar-refractivity contribution < 1.29 is 4.74 Å². The van der Waals surface area contributed by atoms with Gasteiger partial charge in [-0.25, -0.2) is 9.97 Å². The van der Waals surface area contributed by atoms with Gasteiger partial charge in [0.2, 0.25) is 0 Å². The SMILES string of the molecule is Cc1cc(NC2CCCC3OCCC23)nc(C)n1. The third kappa shape index (κ3) is 2.34. The summed E-state index contributed by atoms with van der Waals surface area (Å²) in [7, 11) is 0. The van der Waals surface area contributed by atoms with Gasteiger partial charge >= 0.3 is 0 Å². The molecule has 3 rings (SSSR count). The zero-order valence-electron chi connectivity index (χ0n) is 11.1. The normalized spacial score (nSPS) is 31.1. The third-order valence-electron chi connectivity index (χ3n) is 4.08. The van der Waals surface area contributed by atoms with E-state index >= 15 is 0 Å². The second-order valence-corrected chi connectivity index (χ2v) is 5.49. The average Bonchev–Trinajstić information content (AvgIpc) is 2.76. The van der Waals surface area contributed by atoms with Crippen LogP contribution in [0.5, 0.6) is 0 Å². The number of hydrogen-bond acceptors (Lipinski definition) is 4. The van der Waals surface area contributed by atoms with Crippen LogP contribution >= 0.6 is 0 Å². The molecule has 1 saturated heterocycles. The molecule has 1 aliphatic heterocycles. The van der Waals surface area contributed by atoms with Gasteiger partial charge in [-0.3, -0.25) is 0 Å². The molecule has 1 aromatic rings. The van der Waals surface area contributed by atoms with E-state index in [0.29, 0.717) is 18.1 Å². The number of nitrogens with zero attached hydrogens (tertiary/aromatic N) is 2. The van der Waals surface area contributed by atoms with E-state index in [9.17, 15) is 0 Å². The van der Waals surface area contributed by atoms with Crippen LogP contribution in [0.3, 0.4) is 0 Å². The van der Waals surface area contributed by atoms with Crippen molar-refractivity contribution in [3.63, 3.8) is 0 Å². The number of fused-ring (bicyclic) bond motifs is 1. The highest BCUT2D eigenvalue weighted by Crippen LogP contribution is 2.35. The first-order valence-electron chi connectivity index (χ1n) is 6.93. The van der Waals surface area contributed by atoms with Gasteiger partial charge in [0, 0.05) is 30.3 Å². The quantitative estimate of drug-likeness (QED) is 0.872. The maximum absolute atomic E-state index is 5.80. The smallest absolute Gasteiger partial charge is 0.130 e. The van der Waals surface area contributed by atoms with Gasteiger partial charge in [-0.15, -0.1) is 0 Å². The van der Waals surface area contributed by atoms with Gasteiger partial charge in [0.15, 0.2) is 0 Å². The Labute approximate surface area is 108 Å². The minimum absolute atomic E-state index is 0.472. The van der Waals surface area contributed by atoms with E-state index in [2.05, 4.69) is 15.3 Å². The summed E-state index contributed by atoms with van der Waals surface area (Å²) in [6.07, 6.45) is 5.37. The number of hydrogen-bond donors (Lipinski definition) is 1. The van der Waals surface area contributed by atoms with Crippen LogP contribution < -0.4 is 5.32 Å². The highest BCUT2D eigenvalue weighted by Gasteiger charge is 2.37. The molecule has 0 aromatic carbocycles. The number of ether oxygens (including phenoxy) is 1. The van der Waals surface area contributed by atoms with Crippen molar-refractivity contribution in [2.24, 2.45) is 5.92 Å². The Kier molecular flexibility index (Phi) is 3.20. The van der Waals surface area contributed by atoms with Crippen LogP contribution in [-0.2, 0) is 4.74 Å². The molecule has 1 saturated carbocycles. The van der Waals surface area contributed by atoms with Gasteiger partial charge in [0.05, 0.1) is 6.10 Å². The van der Waals surface area contributed by atoms with E-state index < -0.39 is 0 Å². The van der Waals surface area contributed by atoms with Crippen LogP contribution in [0.1, 0.15) is 37.2 Å². The standard InChI is InChI=1S/C14H21N3O/c1-9-8-14(16-10(2)15-9)17-12-4-3-5-13-11(12)6-7-18-13/h8,11-13H,3-7H2,1-2H3,(H,15,16,17). The molecule has 0 radical (unpaired) electrons.